The maximum atomic E-state index is 12.3. The first-order chi connectivity index (χ1) is 13.0. The zero-order valence-electron chi connectivity index (χ0n) is 15.7. The summed E-state index contributed by atoms with van der Waals surface area (Å²) in [6.07, 6.45) is 4.16. The molecular weight excluding hydrogens is 342 g/mol. The van der Waals surface area contributed by atoms with Gasteiger partial charge in [-0.2, -0.15) is 0 Å². The number of ether oxygens (including phenoxy) is 2. The van der Waals surface area contributed by atoms with Gasteiger partial charge in [0.2, 0.25) is 5.91 Å². The highest BCUT2D eigenvalue weighted by molar-refractivity contribution is 6.03. The van der Waals surface area contributed by atoms with E-state index in [-0.39, 0.29) is 17.8 Å². The molecule has 1 amide bonds. The highest BCUT2D eigenvalue weighted by Crippen LogP contribution is 2.35. The van der Waals surface area contributed by atoms with E-state index in [1.54, 1.807) is 30.3 Å². The number of hydrogen-bond acceptors (Lipinski definition) is 4. The van der Waals surface area contributed by atoms with Crippen molar-refractivity contribution in [2.45, 2.75) is 33.3 Å². The second kappa shape index (κ2) is 8.08. The van der Waals surface area contributed by atoms with Crippen molar-refractivity contribution in [1.82, 2.24) is 0 Å². The van der Waals surface area contributed by atoms with Gasteiger partial charge in [0, 0.05) is 34.9 Å². The first-order valence-electron chi connectivity index (χ1n) is 9.02. The van der Waals surface area contributed by atoms with Gasteiger partial charge in [-0.1, -0.05) is 12.1 Å². The third-order valence-electron chi connectivity index (χ3n) is 4.28. The van der Waals surface area contributed by atoms with Crippen LogP contribution in [-0.2, 0) is 11.2 Å². The molecule has 140 valence electrons. The molecule has 27 heavy (non-hydrogen) atoms. The number of hydrogen-bond donors (Lipinski definition) is 1. The fourth-order valence-electron chi connectivity index (χ4n) is 3.03. The number of fused-ring (bicyclic) bond motifs is 1. The molecule has 2 aromatic rings. The molecular formula is C22H23NO4. The van der Waals surface area contributed by atoms with E-state index in [4.69, 9.17) is 9.47 Å². The number of Topliss-reactive ketones (excluding diaryl/α,β-unsaturated/α-hetero) is 1. The quantitative estimate of drug-likeness (QED) is 0.613. The summed E-state index contributed by atoms with van der Waals surface area (Å²) >= 11 is 0. The van der Waals surface area contributed by atoms with E-state index in [1.165, 1.54) is 13.0 Å². The van der Waals surface area contributed by atoms with Gasteiger partial charge in [-0.3, -0.25) is 9.59 Å². The molecule has 1 heterocycles. The number of amides is 1. The van der Waals surface area contributed by atoms with Gasteiger partial charge < -0.3 is 14.8 Å². The Morgan fingerprint density at radius 2 is 2.11 bits per heavy atom. The minimum Gasteiger partial charge on any atom is -0.493 e. The van der Waals surface area contributed by atoms with Crippen LogP contribution in [0, 0.1) is 0 Å². The molecule has 0 spiro atoms. The van der Waals surface area contributed by atoms with Crippen LogP contribution in [0.25, 0.3) is 6.08 Å². The number of rotatable bonds is 6. The second-order valence-corrected chi connectivity index (χ2v) is 6.52. The van der Waals surface area contributed by atoms with Crippen molar-refractivity contribution in [3.05, 3.63) is 59.2 Å². The molecule has 0 radical (unpaired) electrons. The predicted octanol–water partition coefficient (Wildman–Crippen LogP) is 4.26. The lowest BCUT2D eigenvalue weighted by atomic mass is 10.1. The van der Waals surface area contributed by atoms with Crippen molar-refractivity contribution < 1.29 is 19.1 Å². The van der Waals surface area contributed by atoms with Crippen LogP contribution in [0.15, 0.2) is 42.5 Å². The second-order valence-electron chi connectivity index (χ2n) is 6.52. The molecule has 1 aliphatic heterocycles. The summed E-state index contributed by atoms with van der Waals surface area (Å²) in [5.74, 6) is 1.24. The highest BCUT2D eigenvalue weighted by atomic mass is 16.5. The highest BCUT2D eigenvalue weighted by Gasteiger charge is 2.21. The van der Waals surface area contributed by atoms with Crippen LogP contribution < -0.4 is 14.8 Å². The fraction of sp³-hybridized carbons (Fsp3) is 0.273. The Hall–Kier alpha value is -3.08. The summed E-state index contributed by atoms with van der Waals surface area (Å²) in [5.41, 5.74) is 3.04. The lowest BCUT2D eigenvalue weighted by Crippen LogP contribution is -2.08. The zero-order valence-corrected chi connectivity index (χ0v) is 15.7. The van der Waals surface area contributed by atoms with Crippen LogP contribution in [0.5, 0.6) is 11.5 Å². The van der Waals surface area contributed by atoms with Gasteiger partial charge in [-0.15, -0.1) is 0 Å². The van der Waals surface area contributed by atoms with E-state index in [0.29, 0.717) is 17.9 Å². The molecule has 0 saturated carbocycles. The number of carbonyl (C=O) groups excluding carboxylic acids is 2. The number of carbonyl (C=O) groups is 2. The van der Waals surface area contributed by atoms with Crippen LogP contribution in [0.2, 0.25) is 0 Å². The molecule has 3 rings (SSSR count). The minimum absolute atomic E-state index is 0.0460. The molecule has 0 saturated heterocycles. The van der Waals surface area contributed by atoms with Crippen LogP contribution in [0.4, 0.5) is 5.69 Å². The Morgan fingerprint density at radius 3 is 2.85 bits per heavy atom. The fourth-order valence-corrected chi connectivity index (χ4v) is 3.03. The van der Waals surface area contributed by atoms with E-state index in [9.17, 15) is 9.59 Å². The Morgan fingerprint density at radius 1 is 1.30 bits per heavy atom. The van der Waals surface area contributed by atoms with Crippen molar-refractivity contribution in [3.63, 3.8) is 0 Å². The Kier molecular flexibility index (Phi) is 5.60. The Balaban J connectivity index is 1.77. The summed E-state index contributed by atoms with van der Waals surface area (Å²) in [4.78, 5) is 23.7. The average molecular weight is 365 g/mol. The van der Waals surface area contributed by atoms with Crippen molar-refractivity contribution in [2.75, 3.05) is 11.9 Å². The summed E-state index contributed by atoms with van der Waals surface area (Å²) in [7, 11) is 0. The Labute approximate surface area is 159 Å². The molecule has 1 atom stereocenters. The standard InChI is InChI=1S/C22H23NO4/c1-4-26-20-13-18-10-14(2)27-21(18)12-17(20)8-9-22(25)23-19-7-5-6-16(11-19)15(3)24/h5-9,11-14H,4,10H2,1-3H3,(H,23,25)/b9-8-/t14-/m1/s1. The largest absolute Gasteiger partial charge is 0.493 e. The average Bonchev–Trinajstić information content (AvgIpc) is 2.99. The van der Waals surface area contributed by atoms with Gasteiger partial charge >= 0.3 is 0 Å². The summed E-state index contributed by atoms with van der Waals surface area (Å²) in [6.45, 7) is 5.99. The summed E-state index contributed by atoms with van der Waals surface area (Å²) in [5, 5.41) is 2.77. The number of anilines is 1. The predicted molar refractivity (Wildman–Crippen MR) is 106 cm³/mol. The normalized spacial score (nSPS) is 15.3. The third-order valence-corrected chi connectivity index (χ3v) is 4.28. The van der Waals surface area contributed by atoms with Gasteiger partial charge in [0.1, 0.15) is 17.6 Å². The molecule has 5 nitrogen and oxygen atoms in total. The van der Waals surface area contributed by atoms with E-state index in [0.717, 1.165) is 29.0 Å². The van der Waals surface area contributed by atoms with Crippen molar-refractivity contribution in [1.29, 1.82) is 0 Å². The lowest BCUT2D eigenvalue weighted by Gasteiger charge is -2.10. The maximum absolute atomic E-state index is 12.3. The van der Waals surface area contributed by atoms with Gasteiger partial charge in [-0.05, 0) is 51.1 Å². The maximum Gasteiger partial charge on any atom is 0.248 e. The SMILES string of the molecule is CCOc1cc2c(cc1/C=C\C(=O)Nc1cccc(C(C)=O)c1)O[C@H](C)C2. The summed E-state index contributed by atoms with van der Waals surface area (Å²) in [6, 6.07) is 10.7. The molecule has 2 aromatic carbocycles. The molecule has 0 bridgehead atoms. The smallest absolute Gasteiger partial charge is 0.248 e. The van der Waals surface area contributed by atoms with Crippen LogP contribution in [0.3, 0.4) is 0 Å². The lowest BCUT2D eigenvalue weighted by molar-refractivity contribution is -0.111. The van der Waals surface area contributed by atoms with Crippen LogP contribution in [-0.4, -0.2) is 24.4 Å². The first-order valence-corrected chi connectivity index (χ1v) is 9.02. The third kappa shape index (κ3) is 4.56. The number of nitrogens with one attached hydrogen (secondary N) is 1. The van der Waals surface area contributed by atoms with Gasteiger partial charge in [0.25, 0.3) is 0 Å². The van der Waals surface area contributed by atoms with E-state index in [1.807, 2.05) is 26.0 Å². The topological polar surface area (TPSA) is 64.6 Å². The molecule has 0 fully saturated rings. The number of benzene rings is 2. The number of ketones is 1. The summed E-state index contributed by atoms with van der Waals surface area (Å²) < 4.78 is 11.5. The zero-order chi connectivity index (χ0) is 19.4. The Bertz CT molecular complexity index is 901. The van der Waals surface area contributed by atoms with Crippen LogP contribution >= 0.6 is 0 Å². The monoisotopic (exact) mass is 365 g/mol. The molecule has 0 unspecified atom stereocenters. The van der Waals surface area contributed by atoms with Crippen molar-refractivity contribution in [3.8, 4) is 11.5 Å². The van der Waals surface area contributed by atoms with E-state index in [2.05, 4.69) is 5.32 Å². The van der Waals surface area contributed by atoms with E-state index >= 15 is 0 Å². The van der Waals surface area contributed by atoms with E-state index < -0.39 is 0 Å². The molecule has 5 heteroatoms. The van der Waals surface area contributed by atoms with Gasteiger partial charge in [0.15, 0.2) is 5.78 Å². The van der Waals surface area contributed by atoms with Crippen molar-refractivity contribution >= 4 is 23.5 Å². The molecule has 1 aliphatic rings. The molecule has 0 aromatic heterocycles. The molecule has 0 aliphatic carbocycles. The van der Waals surface area contributed by atoms with Crippen molar-refractivity contribution in [2.24, 2.45) is 0 Å². The van der Waals surface area contributed by atoms with Crippen LogP contribution in [0.1, 0.15) is 42.3 Å². The molecule has 1 N–H and O–H groups in total. The van der Waals surface area contributed by atoms with Gasteiger partial charge in [0.05, 0.1) is 6.61 Å². The first kappa shape index (κ1) is 18.7. The minimum atomic E-state index is -0.284. The van der Waals surface area contributed by atoms with Gasteiger partial charge in [-0.25, -0.2) is 0 Å².